The fraction of sp³-hybridized carbons (Fsp3) is 0. The average Bonchev–Trinajstić information content (AvgIpc) is 2.18. The quantitative estimate of drug-likeness (QED) is 0.695. The summed E-state index contributed by atoms with van der Waals surface area (Å²) in [5.41, 5.74) is 5.79. The zero-order valence-electron chi connectivity index (χ0n) is 7.49. The van der Waals surface area contributed by atoms with Crippen LogP contribution in [0.4, 0.5) is 5.69 Å². The van der Waals surface area contributed by atoms with E-state index in [9.17, 15) is 9.59 Å². The highest BCUT2D eigenvalue weighted by Gasteiger charge is 2.07. The van der Waals surface area contributed by atoms with E-state index in [1.807, 2.05) is 0 Å². The summed E-state index contributed by atoms with van der Waals surface area (Å²) in [7, 11) is 0. The van der Waals surface area contributed by atoms with Crippen LogP contribution in [0.1, 0.15) is 10.4 Å². The van der Waals surface area contributed by atoms with Gasteiger partial charge in [0.05, 0.1) is 11.3 Å². The predicted molar refractivity (Wildman–Crippen MR) is 53.8 cm³/mol. The van der Waals surface area contributed by atoms with Crippen molar-refractivity contribution < 1.29 is 9.59 Å². The highest BCUT2D eigenvalue weighted by Crippen LogP contribution is 2.13. The van der Waals surface area contributed by atoms with Crippen molar-refractivity contribution in [2.45, 2.75) is 0 Å². The second kappa shape index (κ2) is 4.23. The minimum Gasteiger partial charge on any atom is -0.366 e. The van der Waals surface area contributed by atoms with Crippen LogP contribution in [-0.4, -0.2) is 11.8 Å². The first-order valence-corrected chi connectivity index (χ1v) is 3.97. The molecule has 0 fully saturated rings. The van der Waals surface area contributed by atoms with E-state index in [4.69, 9.17) is 5.73 Å². The van der Waals surface area contributed by atoms with E-state index in [0.29, 0.717) is 5.69 Å². The van der Waals surface area contributed by atoms with Gasteiger partial charge in [0.2, 0.25) is 5.91 Å². The molecule has 1 aromatic rings. The summed E-state index contributed by atoms with van der Waals surface area (Å²) in [6.07, 6.45) is 1.12. The van der Waals surface area contributed by atoms with Crippen LogP contribution in [0.5, 0.6) is 0 Å². The number of hydrogen-bond acceptors (Lipinski definition) is 2. The molecule has 0 radical (unpaired) electrons. The van der Waals surface area contributed by atoms with Crippen LogP contribution in [0.25, 0.3) is 0 Å². The number of hydrogen-bond donors (Lipinski definition) is 2. The fourth-order valence-electron chi connectivity index (χ4n) is 0.991. The third kappa shape index (κ3) is 2.20. The van der Waals surface area contributed by atoms with Crippen molar-refractivity contribution in [2.75, 3.05) is 5.32 Å². The summed E-state index contributed by atoms with van der Waals surface area (Å²) < 4.78 is 0. The second-order valence-electron chi connectivity index (χ2n) is 2.60. The molecule has 0 bridgehead atoms. The number of benzene rings is 1. The third-order valence-corrected chi connectivity index (χ3v) is 1.64. The highest BCUT2D eigenvalue weighted by atomic mass is 16.2. The number of carbonyl (C=O) groups excluding carboxylic acids is 2. The number of carbonyl (C=O) groups is 2. The normalized spacial score (nSPS) is 9.14. The maximum absolute atomic E-state index is 11.0. The first-order valence-electron chi connectivity index (χ1n) is 3.97. The summed E-state index contributed by atoms with van der Waals surface area (Å²) in [6, 6.07) is 6.51. The van der Waals surface area contributed by atoms with Gasteiger partial charge in [-0.1, -0.05) is 18.7 Å². The molecule has 2 amide bonds. The van der Waals surface area contributed by atoms with Crippen molar-refractivity contribution in [3.05, 3.63) is 42.5 Å². The number of anilines is 1. The molecule has 4 heteroatoms. The van der Waals surface area contributed by atoms with Gasteiger partial charge in [0, 0.05) is 0 Å². The SMILES string of the molecule is C=CC(=O)Nc1ccccc1C(N)=O. The number of primary amides is 1. The lowest BCUT2D eigenvalue weighted by Gasteiger charge is -2.05. The Morgan fingerprint density at radius 3 is 2.57 bits per heavy atom. The largest absolute Gasteiger partial charge is 0.366 e. The Morgan fingerprint density at radius 2 is 2.00 bits per heavy atom. The molecule has 1 rings (SSSR count). The molecular weight excluding hydrogens is 180 g/mol. The maximum atomic E-state index is 11.0. The molecule has 0 aliphatic heterocycles. The zero-order chi connectivity index (χ0) is 10.6. The molecule has 0 unspecified atom stereocenters. The molecule has 0 atom stereocenters. The second-order valence-corrected chi connectivity index (χ2v) is 2.60. The highest BCUT2D eigenvalue weighted by molar-refractivity contribution is 6.05. The lowest BCUT2D eigenvalue weighted by molar-refractivity contribution is -0.111. The molecule has 0 spiro atoms. The first kappa shape index (κ1) is 9.98. The van der Waals surface area contributed by atoms with E-state index in [0.717, 1.165) is 6.08 Å². The van der Waals surface area contributed by atoms with E-state index in [1.54, 1.807) is 24.3 Å². The Hall–Kier alpha value is -2.10. The van der Waals surface area contributed by atoms with Crippen molar-refractivity contribution in [1.82, 2.24) is 0 Å². The maximum Gasteiger partial charge on any atom is 0.250 e. The van der Waals surface area contributed by atoms with Crippen molar-refractivity contribution >= 4 is 17.5 Å². The van der Waals surface area contributed by atoms with Gasteiger partial charge >= 0.3 is 0 Å². The number of para-hydroxylation sites is 1. The average molecular weight is 190 g/mol. The zero-order valence-corrected chi connectivity index (χ0v) is 7.49. The summed E-state index contributed by atoms with van der Waals surface area (Å²) in [5.74, 6) is -0.955. The van der Waals surface area contributed by atoms with Crippen LogP contribution >= 0.6 is 0 Å². The Morgan fingerprint density at radius 1 is 1.36 bits per heavy atom. The Labute approximate surface area is 81.4 Å². The van der Waals surface area contributed by atoms with Crippen LogP contribution in [0, 0.1) is 0 Å². The van der Waals surface area contributed by atoms with E-state index >= 15 is 0 Å². The van der Waals surface area contributed by atoms with Crippen molar-refractivity contribution in [3.63, 3.8) is 0 Å². The lowest BCUT2D eigenvalue weighted by atomic mass is 10.1. The lowest BCUT2D eigenvalue weighted by Crippen LogP contribution is -2.16. The molecule has 0 aromatic heterocycles. The molecule has 3 N–H and O–H groups in total. The van der Waals surface area contributed by atoms with Crippen LogP contribution in [0.15, 0.2) is 36.9 Å². The van der Waals surface area contributed by atoms with Gasteiger partial charge in [0.25, 0.3) is 5.91 Å². The summed E-state index contributed by atoms with van der Waals surface area (Å²) in [5, 5.41) is 2.48. The van der Waals surface area contributed by atoms with Crippen LogP contribution in [0.2, 0.25) is 0 Å². The summed E-state index contributed by atoms with van der Waals surface area (Å²) in [6.45, 7) is 3.30. The van der Waals surface area contributed by atoms with Gasteiger partial charge < -0.3 is 11.1 Å². The number of rotatable bonds is 3. The van der Waals surface area contributed by atoms with Gasteiger partial charge in [-0.25, -0.2) is 0 Å². The Balaban J connectivity index is 3.01. The van der Waals surface area contributed by atoms with Gasteiger partial charge in [0.15, 0.2) is 0 Å². The van der Waals surface area contributed by atoms with E-state index in [-0.39, 0.29) is 11.5 Å². The minimum absolute atomic E-state index is 0.280. The topological polar surface area (TPSA) is 72.2 Å². The molecule has 0 aliphatic rings. The van der Waals surface area contributed by atoms with E-state index in [1.165, 1.54) is 0 Å². The molecule has 0 heterocycles. The van der Waals surface area contributed by atoms with Gasteiger partial charge in [-0.2, -0.15) is 0 Å². The number of nitrogens with one attached hydrogen (secondary N) is 1. The Kier molecular flexibility index (Phi) is 3.01. The monoisotopic (exact) mass is 190 g/mol. The van der Waals surface area contributed by atoms with Crippen molar-refractivity contribution in [1.29, 1.82) is 0 Å². The molecule has 14 heavy (non-hydrogen) atoms. The van der Waals surface area contributed by atoms with Gasteiger partial charge in [0.1, 0.15) is 0 Å². The summed E-state index contributed by atoms with van der Waals surface area (Å²) >= 11 is 0. The summed E-state index contributed by atoms with van der Waals surface area (Å²) in [4.78, 5) is 21.9. The Bertz CT molecular complexity index is 385. The van der Waals surface area contributed by atoms with Crippen LogP contribution < -0.4 is 11.1 Å². The van der Waals surface area contributed by atoms with E-state index in [2.05, 4.69) is 11.9 Å². The smallest absolute Gasteiger partial charge is 0.250 e. The van der Waals surface area contributed by atoms with E-state index < -0.39 is 5.91 Å². The molecule has 72 valence electrons. The third-order valence-electron chi connectivity index (χ3n) is 1.64. The number of amides is 2. The first-order chi connectivity index (χ1) is 6.65. The molecule has 0 aliphatic carbocycles. The van der Waals surface area contributed by atoms with Crippen molar-refractivity contribution in [3.8, 4) is 0 Å². The molecule has 0 saturated carbocycles. The van der Waals surface area contributed by atoms with Crippen molar-refractivity contribution in [2.24, 2.45) is 5.73 Å². The van der Waals surface area contributed by atoms with Crippen LogP contribution in [0.3, 0.4) is 0 Å². The fourth-order valence-corrected chi connectivity index (χ4v) is 0.991. The molecule has 1 aromatic carbocycles. The van der Waals surface area contributed by atoms with Crippen LogP contribution in [-0.2, 0) is 4.79 Å². The minimum atomic E-state index is -0.579. The molecule has 4 nitrogen and oxygen atoms in total. The van der Waals surface area contributed by atoms with Gasteiger partial charge in [-0.05, 0) is 18.2 Å². The standard InChI is InChI=1S/C10H10N2O2/c1-2-9(13)12-8-6-4-3-5-7(8)10(11)14/h2-6H,1H2,(H2,11,14)(H,12,13). The van der Waals surface area contributed by atoms with Gasteiger partial charge in [-0.3, -0.25) is 9.59 Å². The predicted octanol–water partition coefficient (Wildman–Crippen LogP) is 0.910. The van der Waals surface area contributed by atoms with Gasteiger partial charge in [-0.15, -0.1) is 0 Å². The molecular formula is C10H10N2O2. The number of nitrogens with two attached hydrogens (primary N) is 1. The molecule has 0 saturated heterocycles.